The average molecular weight is 587 g/mol. The van der Waals surface area contributed by atoms with E-state index < -0.39 is 38.9 Å². The second-order valence-corrected chi connectivity index (χ2v) is 12.3. The van der Waals surface area contributed by atoms with E-state index in [0.717, 1.165) is 10.5 Å². The lowest BCUT2D eigenvalue weighted by molar-refractivity contribution is -0.646. The molecule has 1 aliphatic heterocycles. The van der Waals surface area contributed by atoms with E-state index in [-0.39, 0.29) is 48.1 Å². The monoisotopic (exact) mass is 586 g/mol. The van der Waals surface area contributed by atoms with Gasteiger partial charge in [0.05, 0.1) is 18.5 Å². The van der Waals surface area contributed by atoms with Crippen LogP contribution in [0, 0.1) is 18.0 Å². The Labute approximate surface area is 238 Å². The lowest BCUT2D eigenvalue weighted by atomic mass is 10.0. The minimum atomic E-state index is -4.15. The normalized spacial score (nSPS) is 17.3. The number of sulfonamides is 1. The van der Waals surface area contributed by atoms with Crippen molar-refractivity contribution in [3.05, 3.63) is 59.1 Å². The molecular formula is C28H34N4O8S. The van der Waals surface area contributed by atoms with Crippen LogP contribution in [0.2, 0.25) is 0 Å². The second kappa shape index (κ2) is 12.3. The topological polar surface area (TPSA) is 162 Å². The molecule has 0 radical (unpaired) electrons. The summed E-state index contributed by atoms with van der Waals surface area (Å²) in [6, 6.07) is 7.36. The first-order chi connectivity index (χ1) is 19.4. The molecule has 1 fully saturated rings. The quantitative estimate of drug-likeness (QED) is 0.284. The van der Waals surface area contributed by atoms with E-state index >= 15 is 0 Å². The highest BCUT2D eigenvalue weighted by molar-refractivity contribution is 7.88. The molecule has 3 heterocycles. The molecule has 220 valence electrons. The zero-order chi connectivity index (χ0) is 29.9. The Morgan fingerprint density at radius 1 is 1.20 bits per heavy atom. The molecule has 3 aromatic rings. The number of fused-ring (bicyclic) bond motifs is 1. The van der Waals surface area contributed by atoms with Crippen molar-refractivity contribution in [1.29, 1.82) is 0 Å². The van der Waals surface area contributed by atoms with Gasteiger partial charge in [0.15, 0.2) is 17.7 Å². The molecule has 1 aromatic carbocycles. The molecule has 1 saturated heterocycles. The molecule has 2 amide bonds. The Kier molecular flexibility index (Phi) is 8.98. The molecule has 4 rings (SSSR count). The number of ether oxygens (including phenoxy) is 1. The summed E-state index contributed by atoms with van der Waals surface area (Å²) >= 11 is 0. The number of nitrogens with one attached hydrogen (secondary N) is 2. The van der Waals surface area contributed by atoms with E-state index in [9.17, 15) is 28.0 Å². The van der Waals surface area contributed by atoms with Crippen molar-refractivity contribution in [3.63, 3.8) is 0 Å². The maximum atomic E-state index is 13.4. The zero-order valence-electron chi connectivity index (χ0n) is 23.4. The molecule has 0 saturated carbocycles. The van der Waals surface area contributed by atoms with Gasteiger partial charge in [0, 0.05) is 37.2 Å². The number of Topliss-reactive ketones (excluding diaryl/α,β-unsaturated/α-hetero) is 1. The van der Waals surface area contributed by atoms with Crippen molar-refractivity contribution < 1.29 is 36.7 Å². The van der Waals surface area contributed by atoms with Crippen LogP contribution in [-0.4, -0.2) is 62.6 Å². The lowest BCUT2D eigenvalue weighted by Gasteiger charge is -2.23. The highest BCUT2D eigenvalue weighted by Crippen LogP contribution is 2.33. The minimum absolute atomic E-state index is 0.0142. The number of hydrogen-bond donors (Lipinski definition) is 2. The summed E-state index contributed by atoms with van der Waals surface area (Å²) in [5, 5.41) is 17.7. The number of carbonyl (C=O) groups is 3. The summed E-state index contributed by atoms with van der Waals surface area (Å²) in [5.41, 5.74) is 1.04. The fourth-order valence-corrected chi connectivity index (χ4v) is 6.42. The molecule has 41 heavy (non-hydrogen) atoms. The Morgan fingerprint density at radius 2 is 1.95 bits per heavy atom. The maximum absolute atomic E-state index is 13.4. The van der Waals surface area contributed by atoms with E-state index in [1.54, 1.807) is 25.1 Å². The fourth-order valence-electron chi connectivity index (χ4n) is 4.94. The standard InChI is InChI=1S/C28H34N4O8S/c1-17(2)16-20(30-28(35)26-18(3)25-22(39-4)8-7-9-23(25)40-26)27(34)29-19-11-14-31(15-12-21(19)33)41(37,38)24-10-5-6-13-32(24)36/h5-10,13,17,19-20H,11-12,14-16H2,1-4H3,(H,29,34)(H,30,35)/t19-,20-/m0/s1. The van der Waals surface area contributed by atoms with E-state index in [1.165, 1.54) is 25.3 Å². The number of benzene rings is 1. The van der Waals surface area contributed by atoms with Gasteiger partial charge in [0.2, 0.25) is 5.91 Å². The van der Waals surface area contributed by atoms with Crippen LogP contribution in [0.1, 0.15) is 49.2 Å². The van der Waals surface area contributed by atoms with Gasteiger partial charge >= 0.3 is 15.0 Å². The third-order valence-corrected chi connectivity index (χ3v) is 8.93. The first kappa shape index (κ1) is 30.0. The third-order valence-electron chi connectivity index (χ3n) is 7.04. The van der Waals surface area contributed by atoms with Gasteiger partial charge in [-0.05, 0) is 43.9 Å². The Balaban J connectivity index is 1.49. The number of carbonyl (C=O) groups excluding carboxylic acids is 3. The summed E-state index contributed by atoms with van der Waals surface area (Å²) < 4.78 is 38.6. The molecular weight excluding hydrogens is 552 g/mol. The van der Waals surface area contributed by atoms with Crippen LogP contribution < -0.4 is 20.1 Å². The van der Waals surface area contributed by atoms with Crippen molar-refractivity contribution in [3.8, 4) is 5.75 Å². The molecule has 2 aromatic heterocycles. The van der Waals surface area contributed by atoms with E-state index in [1.807, 2.05) is 13.8 Å². The van der Waals surface area contributed by atoms with Gasteiger partial charge < -0.3 is 25.0 Å². The summed E-state index contributed by atoms with van der Waals surface area (Å²) in [6.07, 6.45) is 1.25. The van der Waals surface area contributed by atoms with Crippen molar-refractivity contribution >= 4 is 38.6 Å². The van der Waals surface area contributed by atoms with Gasteiger partial charge in [-0.3, -0.25) is 14.4 Å². The fraction of sp³-hybridized carbons (Fsp3) is 0.429. The Morgan fingerprint density at radius 3 is 2.63 bits per heavy atom. The van der Waals surface area contributed by atoms with Crippen molar-refractivity contribution in [2.45, 2.75) is 57.1 Å². The summed E-state index contributed by atoms with van der Waals surface area (Å²) in [6.45, 7) is 5.33. The van der Waals surface area contributed by atoms with Gasteiger partial charge in [-0.2, -0.15) is 9.04 Å². The second-order valence-electron chi connectivity index (χ2n) is 10.4. The van der Waals surface area contributed by atoms with E-state index in [0.29, 0.717) is 28.7 Å². The number of methoxy groups -OCH3 is 1. The van der Waals surface area contributed by atoms with Gasteiger partial charge in [0.1, 0.15) is 17.4 Å². The van der Waals surface area contributed by atoms with Gasteiger partial charge in [-0.15, -0.1) is 0 Å². The number of rotatable bonds is 9. The predicted molar refractivity (Wildman–Crippen MR) is 149 cm³/mol. The third kappa shape index (κ3) is 6.35. The molecule has 1 aliphatic rings. The molecule has 0 aliphatic carbocycles. The molecule has 0 spiro atoms. The van der Waals surface area contributed by atoms with E-state index in [4.69, 9.17) is 9.15 Å². The number of hydrogen-bond acceptors (Lipinski definition) is 8. The van der Waals surface area contributed by atoms with Crippen LogP contribution in [0.5, 0.6) is 5.75 Å². The first-order valence-corrected chi connectivity index (χ1v) is 14.8. The number of furan rings is 1. The van der Waals surface area contributed by atoms with Crippen LogP contribution in [0.4, 0.5) is 0 Å². The van der Waals surface area contributed by atoms with Crippen molar-refractivity contribution in [2.75, 3.05) is 20.2 Å². The molecule has 2 atom stereocenters. The van der Waals surface area contributed by atoms with Crippen molar-refractivity contribution in [2.24, 2.45) is 5.92 Å². The van der Waals surface area contributed by atoms with E-state index in [2.05, 4.69) is 10.6 Å². The molecule has 12 nitrogen and oxygen atoms in total. The van der Waals surface area contributed by atoms with Gasteiger partial charge in [-0.1, -0.05) is 19.9 Å². The molecule has 0 unspecified atom stereocenters. The number of ketones is 1. The first-order valence-electron chi connectivity index (χ1n) is 13.3. The number of aromatic nitrogens is 1. The zero-order valence-corrected chi connectivity index (χ0v) is 24.2. The van der Waals surface area contributed by atoms with Crippen molar-refractivity contribution in [1.82, 2.24) is 14.9 Å². The summed E-state index contributed by atoms with van der Waals surface area (Å²) in [5.74, 6) is -0.853. The van der Waals surface area contributed by atoms with Crippen LogP contribution >= 0.6 is 0 Å². The number of aryl methyl sites for hydroxylation is 1. The molecule has 13 heteroatoms. The smallest absolute Gasteiger partial charge is 0.323 e. The number of pyridine rings is 1. The minimum Gasteiger partial charge on any atom is -0.618 e. The highest BCUT2D eigenvalue weighted by atomic mass is 32.2. The lowest BCUT2D eigenvalue weighted by Crippen LogP contribution is -2.52. The average Bonchev–Trinajstić information content (AvgIpc) is 3.16. The highest BCUT2D eigenvalue weighted by Gasteiger charge is 2.36. The molecule has 0 bridgehead atoms. The van der Waals surface area contributed by atoms with Gasteiger partial charge in [-0.25, -0.2) is 8.42 Å². The largest absolute Gasteiger partial charge is 0.618 e. The van der Waals surface area contributed by atoms with Gasteiger partial charge in [0.25, 0.3) is 5.91 Å². The summed E-state index contributed by atoms with van der Waals surface area (Å²) in [4.78, 5) is 39.5. The maximum Gasteiger partial charge on any atom is 0.323 e. The van der Waals surface area contributed by atoms with Crippen LogP contribution in [0.25, 0.3) is 11.0 Å². The Bertz CT molecular complexity index is 1570. The van der Waals surface area contributed by atoms with Crippen LogP contribution in [-0.2, 0) is 19.6 Å². The molecule has 2 N–H and O–H groups in total. The summed E-state index contributed by atoms with van der Waals surface area (Å²) in [7, 11) is -2.63. The number of amides is 2. The van der Waals surface area contributed by atoms with Crippen LogP contribution in [0.15, 0.2) is 52.0 Å². The van der Waals surface area contributed by atoms with Crippen LogP contribution in [0.3, 0.4) is 0 Å². The Hall–Kier alpha value is -3.97. The number of nitrogens with zero attached hydrogens (tertiary/aromatic N) is 2. The predicted octanol–water partition coefficient (Wildman–Crippen LogP) is 2.07. The SMILES string of the molecule is COc1cccc2oc(C(=O)N[C@@H](CC(C)C)C(=O)N[C@H]3CCN(S(=O)(=O)c4cccc[n+]4[O-])CCC3=O)c(C)c12.